The lowest BCUT2D eigenvalue weighted by atomic mass is 9.92. The zero-order valence-electron chi connectivity index (χ0n) is 13.2. The molecule has 1 amide bonds. The SMILES string of the molecule is CCOC(=O)c1cnn(C=CC(C)(C)C(=O)NC)c1C(F)(F)F. The van der Waals surface area contributed by atoms with Crippen molar-refractivity contribution in [3.05, 3.63) is 23.5 Å². The summed E-state index contributed by atoms with van der Waals surface area (Å²) >= 11 is 0. The molecule has 1 heterocycles. The number of alkyl halides is 3. The summed E-state index contributed by atoms with van der Waals surface area (Å²) in [5.41, 5.74) is -2.98. The minimum Gasteiger partial charge on any atom is -0.462 e. The number of nitrogens with zero attached hydrogens (tertiary/aromatic N) is 2. The third-order valence-corrected chi connectivity index (χ3v) is 3.00. The van der Waals surface area contributed by atoms with Gasteiger partial charge < -0.3 is 10.1 Å². The Morgan fingerprint density at radius 1 is 1.39 bits per heavy atom. The Morgan fingerprint density at radius 2 is 2.00 bits per heavy atom. The first kappa shape index (κ1) is 18.7. The Kier molecular flexibility index (Phi) is 5.57. The molecule has 0 spiro atoms. The number of ether oxygens (including phenoxy) is 1. The van der Waals surface area contributed by atoms with Gasteiger partial charge in [-0.25, -0.2) is 9.48 Å². The monoisotopic (exact) mass is 333 g/mol. The fourth-order valence-corrected chi connectivity index (χ4v) is 1.77. The van der Waals surface area contributed by atoms with Crippen molar-refractivity contribution in [1.29, 1.82) is 0 Å². The molecule has 0 unspecified atom stereocenters. The van der Waals surface area contributed by atoms with Crippen molar-refractivity contribution in [2.45, 2.75) is 26.9 Å². The second kappa shape index (κ2) is 6.84. The molecule has 23 heavy (non-hydrogen) atoms. The average Bonchev–Trinajstić information content (AvgIpc) is 2.88. The number of hydrogen-bond acceptors (Lipinski definition) is 4. The van der Waals surface area contributed by atoms with Gasteiger partial charge in [-0.15, -0.1) is 0 Å². The molecule has 128 valence electrons. The number of carbonyl (C=O) groups is 2. The number of hydrogen-bond donors (Lipinski definition) is 1. The van der Waals surface area contributed by atoms with E-state index in [2.05, 4.69) is 15.2 Å². The van der Waals surface area contributed by atoms with Crippen LogP contribution in [0.2, 0.25) is 0 Å². The van der Waals surface area contributed by atoms with E-state index in [1.54, 1.807) is 0 Å². The molecule has 0 aromatic carbocycles. The highest BCUT2D eigenvalue weighted by molar-refractivity contribution is 5.91. The summed E-state index contributed by atoms with van der Waals surface area (Å²) < 4.78 is 44.7. The van der Waals surface area contributed by atoms with Crippen LogP contribution in [0.5, 0.6) is 0 Å². The lowest BCUT2D eigenvalue weighted by Gasteiger charge is -2.18. The number of halogens is 3. The van der Waals surface area contributed by atoms with Crippen LogP contribution in [-0.2, 0) is 15.7 Å². The molecule has 9 heteroatoms. The molecule has 0 fully saturated rings. The summed E-state index contributed by atoms with van der Waals surface area (Å²) in [7, 11) is 1.42. The van der Waals surface area contributed by atoms with E-state index in [0.29, 0.717) is 4.68 Å². The predicted octanol–water partition coefficient (Wildman–Crippen LogP) is 2.32. The van der Waals surface area contributed by atoms with Gasteiger partial charge in [0.05, 0.1) is 18.2 Å². The van der Waals surface area contributed by atoms with Gasteiger partial charge in [-0.3, -0.25) is 4.79 Å². The van der Waals surface area contributed by atoms with Gasteiger partial charge in [0, 0.05) is 13.2 Å². The van der Waals surface area contributed by atoms with Gasteiger partial charge in [0.25, 0.3) is 0 Å². The van der Waals surface area contributed by atoms with Gasteiger partial charge in [-0.05, 0) is 20.8 Å². The molecule has 6 nitrogen and oxygen atoms in total. The maximum atomic E-state index is 13.2. The van der Waals surface area contributed by atoms with Crippen molar-refractivity contribution in [1.82, 2.24) is 15.1 Å². The van der Waals surface area contributed by atoms with Crippen molar-refractivity contribution in [2.24, 2.45) is 5.41 Å². The zero-order valence-corrected chi connectivity index (χ0v) is 13.2. The van der Waals surface area contributed by atoms with Crippen LogP contribution < -0.4 is 5.32 Å². The molecule has 1 rings (SSSR count). The fraction of sp³-hybridized carbons (Fsp3) is 0.500. The van der Waals surface area contributed by atoms with Crippen molar-refractivity contribution < 1.29 is 27.5 Å². The van der Waals surface area contributed by atoms with Crippen molar-refractivity contribution in [3.8, 4) is 0 Å². The van der Waals surface area contributed by atoms with Gasteiger partial charge in [0.15, 0.2) is 5.69 Å². The summed E-state index contributed by atoms with van der Waals surface area (Å²) in [6, 6.07) is 0. The number of nitrogens with one attached hydrogen (secondary N) is 1. The van der Waals surface area contributed by atoms with Crippen LogP contribution in [0.4, 0.5) is 13.2 Å². The van der Waals surface area contributed by atoms with E-state index in [0.717, 1.165) is 12.4 Å². The van der Waals surface area contributed by atoms with E-state index >= 15 is 0 Å². The quantitative estimate of drug-likeness (QED) is 0.839. The lowest BCUT2D eigenvalue weighted by Crippen LogP contribution is -2.32. The average molecular weight is 333 g/mol. The van der Waals surface area contributed by atoms with Gasteiger partial charge in [0.1, 0.15) is 5.56 Å². The van der Waals surface area contributed by atoms with Gasteiger partial charge >= 0.3 is 12.1 Å². The first-order chi connectivity index (χ1) is 10.5. The maximum Gasteiger partial charge on any atom is 0.434 e. The van der Waals surface area contributed by atoms with Crippen LogP contribution in [0, 0.1) is 5.41 Å². The third-order valence-electron chi connectivity index (χ3n) is 3.00. The van der Waals surface area contributed by atoms with E-state index in [1.165, 1.54) is 33.9 Å². The molecule has 1 N–H and O–H groups in total. The fourth-order valence-electron chi connectivity index (χ4n) is 1.77. The van der Waals surface area contributed by atoms with Crippen LogP contribution in [0.3, 0.4) is 0 Å². The number of esters is 1. The summed E-state index contributed by atoms with van der Waals surface area (Å²) in [5.74, 6) is -1.48. The van der Waals surface area contributed by atoms with Crippen LogP contribution in [0.25, 0.3) is 6.20 Å². The highest BCUT2D eigenvalue weighted by Crippen LogP contribution is 2.33. The van der Waals surface area contributed by atoms with E-state index < -0.39 is 28.8 Å². The Morgan fingerprint density at radius 3 is 2.48 bits per heavy atom. The Bertz CT molecular complexity index is 619. The summed E-state index contributed by atoms with van der Waals surface area (Å²) in [5, 5.41) is 5.96. The Hall–Kier alpha value is -2.32. The first-order valence-corrected chi connectivity index (χ1v) is 6.78. The molecule has 0 saturated carbocycles. The highest BCUT2D eigenvalue weighted by Gasteiger charge is 2.40. The Balaban J connectivity index is 3.28. The normalized spacial score (nSPS) is 12.5. The van der Waals surface area contributed by atoms with Crippen LogP contribution >= 0.6 is 0 Å². The number of aromatic nitrogens is 2. The molecule has 1 aromatic heterocycles. The highest BCUT2D eigenvalue weighted by atomic mass is 19.4. The summed E-state index contributed by atoms with van der Waals surface area (Å²) in [6.07, 6.45) is -1.75. The van der Waals surface area contributed by atoms with E-state index in [1.807, 2.05) is 0 Å². The first-order valence-electron chi connectivity index (χ1n) is 6.78. The van der Waals surface area contributed by atoms with Crippen molar-refractivity contribution >= 4 is 18.1 Å². The summed E-state index contributed by atoms with van der Waals surface area (Å²) in [4.78, 5) is 23.3. The predicted molar refractivity (Wildman–Crippen MR) is 76.4 cm³/mol. The van der Waals surface area contributed by atoms with E-state index in [9.17, 15) is 22.8 Å². The van der Waals surface area contributed by atoms with E-state index in [-0.39, 0.29) is 12.5 Å². The molecule has 0 saturated heterocycles. The zero-order chi connectivity index (χ0) is 17.8. The van der Waals surface area contributed by atoms with E-state index in [4.69, 9.17) is 0 Å². The second-order valence-electron chi connectivity index (χ2n) is 5.19. The summed E-state index contributed by atoms with van der Waals surface area (Å²) in [6.45, 7) is 4.50. The topological polar surface area (TPSA) is 73.2 Å². The molecule has 0 aliphatic rings. The van der Waals surface area contributed by atoms with Gasteiger partial charge in [-0.2, -0.15) is 18.3 Å². The largest absolute Gasteiger partial charge is 0.462 e. The molecule has 0 bridgehead atoms. The smallest absolute Gasteiger partial charge is 0.434 e. The molecule has 0 atom stereocenters. The van der Waals surface area contributed by atoms with Crippen LogP contribution in [0.1, 0.15) is 36.8 Å². The number of rotatable bonds is 5. The van der Waals surface area contributed by atoms with Crippen molar-refractivity contribution in [2.75, 3.05) is 13.7 Å². The molecule has 0 radical (unpaired) electrons. The maximum absolute atomic E-state index is 13.2. The Labute approximate surface area is 131 Å². The molecule has 0 aliphatic carbocycles. The lowest BCUT2D eigenvalue weighted by molar-refractivity contribution is -0.143. The number of carbonyl (C=O) groups excluding carboxylic acids is 2. The number of amides is 1. The minimum absolute atomic E-state index is 0.0547. The molecule has 1 aromatic rings. The molecular weight excluding hydrogens is 315 g/mol. The third kappa shape index (κ3) is 4.33. The van der Waals surface area contributed by atoms with Gasteiger partial charge in [0.2, 0.25) is 5.91 Å². The molecule has 0 aliphatic heterocycles. The standard InChI is InChI=1S/C14H18F3N3O3/c1-5-23-11(21)9-8-19-20(10(9)14(15,16)17)7-6-13(2,3)12(22)18-4/h6-8H,5H2,1-4H3,(H,18,22). The van der Waals surface area contributed by atoms with Crippen molar-refractivity contribution in [3.63, 3.8) is 0 Å². The molecular formula is C14H18F3N3O3. The van der Waals surface area contributed by atoms with Crippen LogP contribution in [0.15, 0.2) is 12.3 Å². The second-order valence-corrected chi connectivity index (χ2v) is 5.19. The minimum atomic E-state index is -4.81. The van der Waals surface area contributed by atoms with Gasteiger partial charge in [-0.1, -0.05) is 6.08 Å². The van der Waals surface area contributed by atoms with Crippen LogP contribution in [-0.4, -0.2) is 35.3 Å².